The molecule has 118 valence electrons. The van der Waals surface area contributed by atoms with Gasteiger partial charge in [-0.1, -0.05) is 22.9 Å². The molecule has 1 aromatic rings. The van der Waals surface area contributed by atoms with Crippen LogP contribution < -0.4 is 10.1 Å². The van der Waals surface area contributed by atoms with Crippen molar-refractivity contribution in [3.8, 4) is 5.75 Å². The first kappa shape index (κ1) is 16.8. The van der Waals surface area contributed by atoms with E-state index in [1.807, 2.05) is 0 Å². The number of ether oxygens (including phenoxy) is 2. The van der Waals surface area contributed by atoms with Gasteiger partial charge in [0.05, 0.1) is 18.8 Å². The van der Waals surface area contributed by atoms with Crippen LogP contribution in [0.15, 0.2) is 16.6 Å². The summed E-state index contributed by atoms with van der Waals surface area (Å²) in [6.07, 6.45) is 3.29. The van der Waals surface area contributed by atoms with Crippen LogP contribution in [0.4, 0.5) is 0 Å². The minimum Gasteiger partial charge on any atom is -0.496 e. The van der Waals surface area contributed by atoms with Crippen LogP contribution in [-0.2, 0) is 4.74 Å². The molecule has 2 rings (SSSR count). The van der Waals surface area contributed by atoms with E-state index in [4.69, 9.17) is 9.47 Å². The standard InChI is InChI=1S/C17H26BrNO2/c1-5-8-19-16(17(3)7-6-9-21-17)13-11-14(18)12(2)10-15(13)20-4/h10-11,16,19H,5-9H2,1-4H3. The molecule has 1 heterocycles. The molecule has 1 fully saturated rings. The first-order valence-electron chi connectivity index (χ1n) is 7.73. The molecule has 0 saturated carbocycles. The molecule has 2 atom stereocenters. The van der Waals surface area contributed by atoms with Gasteiger partial charge in [0.15, 0.2) is 0 Å². The highest BCUT2D eigenvalue weighted by atomic mass is 79.9. The van der Waals surface area contributed by atoms with Crippen LogP contribution in [0.1, 0.15) is 50.3 Å². The van der Waals surface area contributed by atoms with Gasteiger partial charge in [0.2, 0.25) is 0 Å². The Balaban J connectivity index is 2.42. The lowest BCUT2D eigenvalue weighted by Gasteiger charge is -2.35. The van der Waals surface area contributed by atoms with E-state index in [9.17, 15) is 0 Å². The minimum atomic E-state index is -0.169. The lowest BCUT2D eigenvalue weighted by atomic mass is 9.86. The van der Waals surface area contributed by atoms with Gasteiger partial charge < -0.3 is 14.8 Å². The van der Waals surface area contributed by atoms with Crippen LogP contribution >= 0.6 is 15.9 Å². The normalized spacial score (nSPS) is 23.3. The molecule has 4 heteroatoms. The van der Waals surface area contributed by atoms with Gasteiger partial charge in [-0.05, 0) is 57.4 Å². The zero-order valence-electron chi connectivity index (χ0n) is 13.5. The molecule has 1 aromatic carbocycles. The van der Waals surface area contributed by atoms with Crippen LogP contribution in [0.3, 0.4) is 0 Å². The van der Waals surface area contributed by atoms with Gasteiger partial charge in [0, 0.05) is 16.6 Å². The predicted molar refractivity (Wildman–Crippen MR) is 90.1 cm³/mol. The van der Waals surface area contributed by atoms with Gasteiger partial charge in [-0.3, -0.25) is 0 Å². The maximum Gasteiger partial charge on any atom is 0.124 e. The minimum absolute atomic E-state index is 0.145. The van der Waals surface area contributed by atoms with Crippen molar-refractivity contribution in [3.63, 3.8) is 0 Å². The van der Waals surface area contributed by atoms with Crippen molar-refractivity contribution < 1.29 is 9.47 Å². The molecular formula is C17H26BrNO2. The molecule has 0 aliphatic carbocycles. The quantitative estimate of drug-likeness (QED) is 0.821. The Labute approximate surface area is 136 Å². The van der Waals surface area contributed by atoms with Gasteiger partial charge in [-0.25, -0.2) is 0 Å². The lowest BCUT2D eigenvalue weighted by molar-refractivity contribution is -0.0130. The third-order valence-electron chi connectivity index (χ3n) is 4.28. The van der Waals surface area contributed by atoms with Crippen molar-refractivity contribution in [2.75, 3.05) is 20.3 Å². The maximum atomic E-state index is 6.09. The first-order chi connectivity index (χ1) is 10.0. The van der Waals surface area contributed by atoms with Crippen molar-refractivity contribution in [2.24, 2.45) is 0 Å². The van der Waals surface area contributed by atoms with E-state index in [0.29, 0.717) is 0 Å². The third kappa shape index (κ3) is 3.61. The number of halogens is 1. The number of hydrogen-bond acceptors (Lipinski definition) is 3. The first-order valence-corrected chi connectivity index (χ1v) is 8.52. The topological polar surface area (TPSA) is 30.5 Å². The smallest absolute Gasteiger partial charge is 0.124 e. The van der Waals surface area contributed by atoms with E-state index in [1.54, 1.807) is 7.11 Å². The highest BCUT2D eigenvalue weighted by Crippen LogP contribution is 2.42. The zero-order valence-corrected chi connectivity index (χ0v) is 15.0. The Kier molecular flexibility index (Phi) is 5.69. The Morgan fingerprint density at radius 3 is 2.81 bits per heavy atom. The van der Waals surface area contributed by atoms with Crippen molar-refractivity contribution in [3.05, 3.63) is 27.7 Å². The zero-order chi connectivity index (χ0) is 15.5. The Morgan fingerprint density at radius 2 is 2.24 bits per heavy atom. The number of benzene rings is 1. The van der Waals surface area contributed by atoms with Gasteiger partial charge in [-0.2, -0.15) is 0 Å². The molecule has 0 spiro atoms. The van der Waals surface area contributed by atoms with E-state index < -0.39 is 0 Å². The SMILES string of the molecule is CCCNC(c1cc(Br)c(C)cc1OC)C1(C)CCCO1. The summed E-state index contributed by atoms with van der Waals surface area (Å²) >= 11 is 3.65. The second-order valence-corrected chi connectivity index (χ2v) is 6.85. The molecule has 3 nitrogen and oxygen atoms in total. The number of nitrogens with one attached hydrogen (secondary N) is 1. The second-order valence-electron chi connectivity index (χ2n) is 6.00. The number of hydrogen-bond donors (Lipinski definition) is 1. The van der Waals surface area contributed by atoms with E-state index in [2.05, 4.69) is 54.2 Å². The molecular weight excluding hydrogens is 330 g/mol. The van der Waals surface area contributed by atoms with Gasteiger partial charge in [0.25, 0.3) is 0 Å². The summed E-state index contributed by atoms with van der Waals surface area (Å²) in [6, 6.07) is 4.42. The molecule has 0 amide bonds. The summed E-state index contributed by atoms with van der Waals surface area (Å²) in [6.45, 7) is 8.29. The highest BCUT2D eigenvalue weighted by Gasteiger charge is 2.40. The molecule has 1 N–H and O–H groups in total. The fourth-order valence-corrected chi connectivity index (χ4v) is 3.41. The van der Waals surface area contributed by atoms with Gasteiger partial charge >= 0.3 is 0 Å². The van der Waals surface area contributed by atoms with E-state index >= 15 is 0 Å². The summed E-state index contributed by atoms with van der Waals surface area (Å²) in [4.78, 5) is 0. The van der Waals surface area contributed by atoms with Crippen LogP contribution in [0.2, 0.25) is 0 Å². The van der Waals surface area contributed by atoms with Gasteiger partial charge in [0.1, 0.15) is 5.75 Å². The largest absolute Gasteiger partial charge is 0.496 e. The van der Waals surface area contributed by atoms with Crippen LogP contribution in [0, 0.1) is 6.92 Å². The molecule has 21 heavy (non-hydrogen) atoms. The Bertz CT molecular complexity index is 484. The second kappa shape index (κ2) is 7.12. The van der Waals surface area contributed by atoms with Crippen LogP contribution in [0.25, 0.3) is 0 Å². The maximum absolute atomic E-state index is 6.09. The fraction of sp³-hybridized carbons (Fsp3) is 0.647. The van der Waals surface area contributed by atoms with E-state index in [1.165, 1.54) is 11.1 Å². The Morgan fingerprint density at radius 1 is 1.48 bits per heavy atom. The molecule has 1 saturated heterocycles. The summed E-state index contributed by atoms with van der Waals surface area (Å²) in [5.41, 5.74) is 2.19. The molecule has 0 radical (unpaired) electrons. The molecule has 1 aliphatic heterocycles. The average molecular weight is 356 g/mol. The monoisotopic (exact) mass is 355 g/mol. The predicted octanol–water partition coefficient (Wildman–Crippen LogP) is 4.38. The molecule has 0 bridgehead atoms. The number of rotatable bonds is 6. The van der Waals surface area contributed by atoms with Crippen LogP contribution in [0.5, 0.6) is 5.75 Å². The van der Waals surface area contributed by atoms with Crippen molar-refractivity contribution in [1.82, 2.24) is 5.32 Å². The van der Waals surface area contributed by atoms with Crippen molar-refractivity contribution in [1.29, 1.82) is 0 Å². The van der Waals surface area contributed by atoms with Gasteiger partial charge in [-0.15, -0.1) is 0 Å². The summed E-state index contributed by atoms with van der Waals surface area (Å²) in [5, 5.41) is 3.66. The number of methoxy groups -OCH3 is 1. The summed E-state index contributed by atoms with van der Waals surface area (Å²) in [7, 11) is 1.74. The summed E-state index contributed by atoms with van der Waals surface area (Å²) < 4.78 is 12.8. The molecule has 2 unspecified atom stereocenters. The average Bonchev–Trinajstić information content (AvgIpc) is 2.90. The Hall–Kier alpha value is -0.580. The lowest BCUT2D eigenvalue weighted by Crippen LogP contribution is -2.41. The van der Waals surface area contributed by atoms with E-state index in [0.717, 1.165) is 42.6 Å². The molecule has 0 aromatic heterocycles. The fourth-order valence-electron chi connectivity index (χ4n) is 3.04. The van der Waals surface area contributed by atoms with Crippen molar-refractivity contribution in [2.45, 2.75) is 51.7 Å². The summed E-state index contributed by atoms with van der Waals surface area (Å²) in [5.74, 6) is 0.932. The highest BCUT2D eigenvalue weighted by molar-refractivity contribution is 9.10. The van der Waals surface area contributed by atoms with Crippen LogP contribution in [-0.4, -0.2) is 25.9 Å². The van der Waals surface area contributed by atoms with E-state index in [-0.39, 0.29) is 11.6 Å². The third-order valence-corrected chi connectivity index (χ3v) is 5.13. The molecule has 1 aliphatic rings. The van der Waals surface area contributed by atoms with Crippen molar-refractivity contribution >= 4 is 15.9 Å². The number of aryl methyl sites for hydroxylation is 1.